The zero-order valence-corrected chi connectivity index (χ0v) is 7.55. The van der Waals surface area contributed by atoms with E-state index in [9.17, 15) is 4.79 Å². The lowest BCUT2D eigenvalue weighted by molar-refractivity contribution is -0.115. The molecule has 1 aliphatic heterocycles. The first-order chi connectivity index (χ1) is 5.75. The first kappa shape index (κ1) is 9.10. The van der Waals surface area contributed by atoms with Crippen molar-refractivity contribution in [2.75, 3.05) is 13.1 Å². The van der Waals surface area contributed by atoms with E-state index in [1.165, 1.54) is 12.8 Å². The van der Waals surface area contributed by atoms with Gasteiger partial charge >= 0.3 is 0 Å². The fourth-order valence-corrected chi connectivity index (χ4v) is 1.54. The van der Waals surface area contributed by atoms with Crippen molar-refractivity contribution in [3.8, 4) is 0 Å². The number of hydrogen-bond acceptors (Lipinski definition) is 2. The van der Waals surface area contributed by atoms with Crippen LogP contribution < -0.4 is 5.73 Å². The molecule has 1 heterocycles. The lowest BCUT2D eigenvalue weighted by Crippen LogP contribution is -2.29. The number of primary amides is 1. The molecule has 3 nitrogen and oxygen atoms in total. The smallest absolute Gasteiger partial charge is 0.264 e. The van der Waals surface area contributed by atoms with Crippen molar-refractivity contribution in [2.24, 2.45) is 5.73 Å². The summed E-state index contributed by atoms with van der Waals surface area (Å²) in [6, 6.07) is 0. The lowest BCUT2D eigenvalue weighted by atomic mass is 10.3. The molecule has 0 radical (unpaired) electrons. The molecule has 0 aromatic rings. The number of amides is 1. The Morgan fingerprint density at radius 2 is 2.08 bits per heavy atom. The fourth-order valence-electron chi connectivity index (χ4n) is 1.54. The van der Waals surface area contributed by atoms with Crippen molar-refractivity contribution in [1.82, 2.24) is 4.90 Å². The van der Waals surface area contributed by atoms with Crippen LogP contribution in [0.4, 0.5) is 0 Å². The summed E-state index contributed by atoms with van der Waals surface area (Å²) in [5.74, 6) is -0.293. The molecule has 0 saturated carbocycles. The van der Waals surface area contributed by atoms with E-state index in [1.807, 2.05) is 13.0 Å². The number of rotatable bonds is 3. The predicted octanol–water partition coefficient (Wildman–Crippen LogP) is 0.861. The number of hydrogen-bond donors (Lipinski definition) is 1. The number of allylic oxidation sites excluding steroid dienone is 1. The van der Waals surface area contributed by atoms with Crippen molar-refractivity contribution < 1.29 is 4.79 Å². The summed E-state index contributed by atoms with van der Waals surface area (Å²) in [5.41, 5.74) is 5.96. The highest BCUT2D eigenvalue weighted by Gasteiger charge is 2.17. The molecule has 1 saturated heterocycles. The average Bonchev–Trinajstić information content (AvgIpc) is 2.51. The van der Waals surface area contributed by atoms with E-state index in [0.717, 1.165) is 19.5 Å². The van der Waals surface area contributed by atoms with Crippen molar-refractivity contribution >= 4 is 5.91 Å². The molecule has 1 aliphatic rings. The number of carbonyl (C=O) groups is 1. The van der Waals surface area contributed by atoms with Crippen LogP contribution in [0.3, 0.4) is 0 Å². The van der Waals surface area contributed by atoms with Crippen LogP contribution in [-0.4, -0.2) is 23.9 Å². The number of likely N-dealkylation sites (tertiary alicyclic amines) is 1. The Labute approximate surface area is 73.2 Å². The Morgan fingerprint density at radius 3 is 2.50 bits per heavy atom. The second kappa shape index (κ2) is 4.14. The molecule has 0 bridgehead atoms. The van der Waals surface area contributed by atoms with Crippen LogP contribution in [0, 0.1) is 0 Å². The Balaban J connectivity index is 2.64. The van der Waals surface area contributed by atoms with Crippen molar-refractivity contribution in [3.63, 3.8) is 0 Å². The Morgan fingerprint density at radius 1 is 1.50 bits per heavy atom. The third kappa shape index (κ3) is 2.00. The van der Waals surface area contributed by atoms with Gasteiger partial charge in [0, 0.05) is 13.1 Å². The van der Waals surface area contributed by atoms with Gasteiger partial charge in [0.2, 0.25) is 0 Å². The van der Waals surface area contributed by atoms with Gasteiger partial charge in [-0.15, -0.1) is 0 Å². The van der Waals surface area contributed by atoms with Gasteiger partial charge in [-0.3, -0.25) is 4.79 Å². The molecule has 0 unspecified atom stereocenters. The minimum absolute atomic E-state index is 0.293. The summed E-state index contributed by atoms with van der Waals surface area (Å²) in [6.07, 6.45) is 5.13. The minimum atomic E-state index is -0.293. The topological polar surface area (TPSA) is 46.3 Å². The average molecular weight is 168 g/mol. The van der Waals surface area contributed by atoms with Crippen LogP contribution in [0.5, 0.6) is 0 Å². The summed E-state index contributed by atoms with van der Waals surface area (Å²) in [7, 11) is 0. The minimum Gasteiger partial charge on any atom is -0.367 e. The molecule has 2 N–H and O–H groups in total. The predicted molar refractivity (Wildman–Crippen MR) is 48.4 cm³/mol. The van der Waals surface area contributed by atoms with Crippen LogP contribution in [0.1, 0.15) is 26.2 Å². The van der Waals surface area contributed by atoms with E-state index in [-0.39, 0.29) is 5.91 Å². The molecule has 12 heavy (non-hydrogen) atoms. The molecule has 0 aromatic heterocycles. The van der Waals surface area contributed by atoms with Crippen molar-refractivity contribution in [2.45, 2.75) is 26.2 Å². The van der Waals surface area contributed by atoms with Gasteiger partial charge in [-0.05, 0) is 19.3 Å². The molecular formula is C9H16N2O. The molecule has 0 aliphatic carbocycles. The van der Waals surface area contributed by atoms with Gasteiger partial charge < -0.3 is 10.6 Å². The number of carbonyl (C=O) groups excluding carboxylic acids is 1. The number of nitrogens with zero attached hydrogens (tertiary/aromatic N) is 1. The van der Waals surface area contributed by atoms with E-state index in [4.69, 9.17) is 5.73 Å². The second-order valence-corrected chi connectivity index (χ2v) is 3.06. The zero-order chi connectivity index (χ0) is 8.97. The highest BCUT2D eigenvalue weighted by Crippen LogP contribution is 2.14. The van der Waals surface area contributed by atoms with Crippen LogP contribution in [0.25, 0.3) is 0 Å². The van der Waals surface area contributed by atoms with Gasteiger partial charge in [0.25, 0.3) is 5.91 Å². The largest absolute Gasteiger partial charge is 0.367 e. The van der Waals surface area contributed by atoms with Crippen LogP contribution in [0.15, 0.2) is 11.8 Å². The molecular weight excluding hydrogens is 152 g/mol. The first-order valence-corrected chi connectivity index (χ1v) is 4.50. The number of nitrogens with two attached hydrogens (primary N) is 1. The van der Waals surface area contributed by atoms with E-state index in [2.05, 4.69) is 4.90 Å². The Kier molecular flexibility index (Phi) is 3.14. The molecule has 68 valence electrons. The third-order valence-electron chi connectivity index (χ3n) is 2.10. The second-order valence-electron chi connectivity index (χ2n) is 3.06. The van der Waals surface area contributed by atoms with Gasteiger partial charge in [-0.25, -0.2) is 0 Å². The summed E-state index contributed by atoms with van der Waals surface area (Å²) < 4.78 is 0. The Bertz CT molecular complexity index is 193. The highest BCUT2D eigenvalue weighted by molar-refractivity contribution is 5.91. The maximum absolute atomic E-state index is 11.0. The zero-order valence-electron chi connectivity index (χ0n) is 7.55. The molecule has 0 spiro atoms. The monoisotopic (exact) mass is 168 g/mol. The van der Waals surface area contributed by atoms with E-state index >= 15 is 0 Å². The molecule has 3 heteroatoms. The fraction of sp³-hybridized carbons (Fsp3) is 0.667. The molecule has 1 amide bonds. The van der Waals surface area contributed by atoms with E-state index in [0.29, 0.717) is 5.70 Å². The van der Waals surface area contributed by atoms with Crippen LogP contribution in [0.2, 0.25) is 0 Å². The lowest BCUT2D eigenvalue weighted by Gasteiger charge is -2.18. The van der Waals surface area contributed by atoms with E-state index < -0.39 is 0 Å². The molecule has 0 aromatic carbocycles. The maximum Gasteiger partial charge on any atom is 0.264 e. The normalized spacial score (nSPS) is 18.4. The molecule has 1 rings (SSSR count). The molecule has 1 fully saturated rings. The summed E-state index contributed by atoms with van der Waals surface area (Å²) in [5, 5.41) is 0. The standard InChI is InChI=1S/C9H16N2O/c1-2-5-8(9(10)12)11-6-3-4-7-11/h5H,2-4,6-7H2,1H3,(H2,10,12)/b8-5+. The quantitative estimate of drug-likeness (QED) is 0.635. The van der Waals surface area contributed by atoms with Gasteiger partial charge in [-0.2, -0.15) is 0 Å². The maximum atomic E-state index is 11.0. The summed E-state index contributed by atoms with van der Waals surface area (Å²) >= 11 is 0. The van der Waals surface area contributed by atoms with Gasteiger partial charge in [0.15, 0.2) is 0 Å². The van der Waals surface area contributed by atoms with Gasteiger partial charge in [-0.1, -0.05) is 13.0 Å². The Hall–Kier alpha value is -0.990. The van der Waals surface area contributed by atoms with Crippen LogP contribution >= 0.6 is 0 Å². The third-order valence-corrected chi connectivity index (χ3v) is 2.10. The van der Waals surface area contributed by atoms with Crippen molar-refractivity contribution in [1.29, 1.82) is 0 Å². The van der Waals surface area contributed by atoms with Gasteiger partial charge in [0.1, 0.15) is 0 Å². The van der Waals surface area contributed by atoms with Gasteiger partial charge in [0.05, 0.1) is 5.70 Å². The summed E-state index contributed by atoms with van der Waals surface area (Å²) in [6.45, 7) is 3.97. The van der Waals surface area contributed by atoms with Crippen LogP contribution in [-0.2, 0) is 4.79 Å². The van der Waals surface area contributed by atoms with E-state index in [1.54, 1.807) is 0 Å². The highest BCUT2D eigenvalue weighted by atomic mass is 16.1. The summed E-state index contributed by atoms with van der Waals surface area (Å²) in [4.78, 5) is 13.1. The molecule has 0 atom stereocenters. The van der Waals surface area contributed by atoms with Crippen molar-refractivity contribution in [3.05, 3.63) is 11.8 Å². The first-order valence-electron chi connectivity index (χ1n) is 4.50. The SMILES string of the molecule is CC/C=C(\C(N)=O)N1CCCC1.